The van der Waals surface area contributed by atoms with Crippen LogP contribution < -0.4 is 14.8 Å². The molecule has 0 atom stereocenters. The Labute approximate surface area is 136 Å². The molecule has 0 unspecified atom stereocenters. The van der Waals surface area contributed by atoms with Crippen molar-refractivity contribution in [2.45, 2.75) is 6.42 Å². The summed E-state index contributed by atoms with van der Waals surface area (Å²) in [5.41, 5.74) is 1.06. The van der Waals surface area contributed by atoms with Gasteiger partial charge in [-0.3, -0.25) is 9.89 Å². The smallest absolute Gasteiger partial charge is 0.230 e. The van der Waals surface area contributed by atoms with E-state index in [4.69, 9.17) is 9.47 Å². The first-order chi connectivity index (χ1) is 11.7. The minimum Gasteiger partial charge on any atom is -0.486 e. The highest BCUT2D eigenvalue weighted by molar-refractivity contribution is 6.00. The maximum absolute atomic E-state index is 13.6. The summed E-state index contributed by atoms with van der Waals surface area (Å²) < 4.78 is 24.6. The van der Waals surface area contributed by atoms with Gasteiger partial charge in [0.15, 0.2) is 17.3 Å². The third-order valence-corrected chi connectivity index (χ3v) is 3.78. The molecular formula is C17H14FN3O3. The third kappa shape index (κ3) is 2.64. The molecule has 0 aliphatic carbocycles. The number of ether oxygens (including phenoxy) is 2. The molecule has 1 aromatic heterocycles. The van der Waals surface area contributed by atoms with E-state index < -0.39 is 5.82 Å². The number of nitrogens with zero attached hydrogens (tertiary/aromatic N) is 1. The lowest BCUT2D eigenvalue weighted by Crippen LogP contribution is -2.17. The molecule has 6 nitrogen and oxygen atoms in total. The lowest BCUT2D eigenvalue weighted by Gasteiger charge is -2.18. The molecule has 2 N–H and O–H groups in total. The van der Waals surface area contributed by atoms with Crippen LogP contribution in [0.4, 0.5) is 10.2 Å². The van der Waals surface area contributed by atoms with Gasteiger partial charge in [0.2, 0.25) is 5.91 Å². The number of benzene rings is 2. The molecule has 0 bridgehead atoms. The van der Waals surface area contributed by atoms with Crippen LogP contribution in [-0.2, 0) is 11.2 Å². The summed E-state index contributed by atoms with van der Waals surface area (Å²) in [6.07, 6.45) is 0.153. The average Bonchev–Trinajstić information content (AvgIpc) is 2.99. The number of amides is 1. The predicted octanol–water partition coefficient (Wildman–Crippen LogP) is 2.65. The van der Waals surface area contributed by atoms with E-state index >= 15 is 0 Å². The molecule has 1 amide bonds. The Morgan fingerprint density at radius 3 is 2.92 bits per heavy atom. The van der Waals surface area contributed by atoms with Crippen molar-refractivity contribution in [2.24, 2.45) is 0 Å². The van der Waals surface area contributed by atoms with Gasteiger partial charge in [-0.15, -0.1) is 0 Å². The summed E-state index contributed by atoms with van der Waals surface area (Å²) >= 11 is 0. The van der Waals surface area contributed by atoms with E-state index in [0.29, 0.717) is 35.9 Å². The summed E-state index contributed by atoms with van der Waals surface area (Å²) in [7, 11) is 0. The average molecular weight is 327 g/mol. The van der Waals surface area contributed by atoms with Crippen LogP contribution in [0.1, 0.15) is 5.56 Å². The van der Waals surface area contributed by atoms with E-state index in [1.54, 1.807) is 24.3 Å². The number of H-pyrrole nitrogens is 1. The molecule has 1 aliphatic heterocycles. The first kappa shape index (κ1) is 14.5. The second kappa shape index (κ2) is 5.84. The fourth-order valence-electron chi connectivity index (χ4n) is 2.66. The van der Waals surface area contributed by atoms with Gasteiger partial charge >= 0.3 is 0 Å². The molecule has 0 radical (unpaired) electrons. The Morgan fingerprint density at radius 1 is 1.21 bits per heavy atom. The molecule has 3 aromatic rings. The Bertz CT molecular complexity index is 923. The lowest BCUT2D eigenvalue weighted by molar-refractivity contribution is -0.115. The Kier molecular flexibility index (Phi) is 3.53. The number of halogens is 1. The molecule has 2 heterocycles. The zero-order valence-corrected chi connectivity index (χ0v) is 12.6. The normalized spacial score (nSPS) is 13.0. The van der Waals surface area contributed by atoms with Crippen LogP contribution in [0, 0.1) is 5.82 Å². The number of aromatic amines is 1. The van der Waals surface area contributed by atoms with Gasteiger partial charge in [0, 0.05) is 5.39 Å². The Balaban J connectivity index is 1.51. The van der Waals surface area contributed by atoms with Gasteiger partial charge in [-0.1, -0.05) is 12.1 Å². The number of nitrogens with one attached hydrogen (secondary N) is 2. The quantitative estimate of drug-likeness (QED) is 0.775. The third-order valence-electron chi connectivity index (χ3n) is 3.78. The molecule has 122 valence electrons. The zero-order valence-electron chi connectivity index (χ0n) is 12.6. The summed E-state index contributed by atoms with van der Waals surface area (Å²) in [4.78, 5) is 12.2. The van der Waals surface area contributed by atoms with Crippen molar-refractivity contribution in [3.8, 4) is 11.5 Å². The van der Waals surface area contributed by atoms with Gasteiger partial charge in [-0.25, -0.2) is 4.39 Å². The number of carbonyl (C=O) groups is 1. The SMILES string of the molecule is O=C(Cc1ccc2c(c1)OCCO2)Nc1n[nH]c2c(F)cccc12. The molecule has 0 saturated heterocycles. The number of hydrogen-bond acceptors (Lipinski definition) is 4. The summed E-state index contributed by atoms with van der Waals surface area (Å²) in [5, 5.41) is 9.79. The molecule has 4 rings (SSSR count). The minimum atomic E-state index is -0.410. The van der Waals surface area contributed by atoms with Gasteiger partial charge < -0.3 is 14.8 Å². The largest absolute Gasteiger partial charge is 0.486 e. The molecule has 1 aliphatic rings. The monoisotopic (exact) mass is 327 g/mol. The molecule has 24 heavy (non-hydrogen) atoms. The van der Waals surface area contributed by atoms with Gasteiger partial charge in [0.05, 0.1) is 6.42 Å². The number of para-hydroxylation sites is 1. The first-order valence-corrected chi connectivity index (χ1v) is 7.52. The van der Waals surface area contributed by atoms with Crippen molar-refractivity contribution < 1.29 is 18.7 Å². The molecule has 0 fully saturated rings. The van der Waals surface area contributed by atoms with Gasteiger partial charge in [-0.05, 0) is 29.8 Å². The Morgan fingerprint density at radius 2 is 2.04 bits per heavy atom. The number of hydrogen-bond donors (Lipinski definition) is 2. The van der Waals surface area contributed by atoms with E-state index in [9.17, 15) is 9.18 Å². The maximum Gasteiger partial charge on any atom is 0.230 e. The van der Waals surface area contributed by atoms with E-state index in [1.165, 1.54) is 6.07 Å². The van der Waals surface area contributed by atoms with Crippen LogP contribution in [-0.4, -0.2) is 29.3 Å². The van der Waals surface area contributed by atoms with Crippen molar-refractivity contribution in [1.29, 1.82) is 0 Å². The minimum absolute atomic E-state index is 0.153. The lowest BCUT2D eigenvalue weighted by atomic mass is 10.1. The predicted molar refractivity (Wildman–Crippen MR) is 85.8 cm³/mol. The summed E-state index contributed by atoms with van der Waals surface area (Å²) in [5.74, 6) is 0.974. The number of anilines is 1. The van der Waals surface area contributed by atoms with Crippen LogP contribution in [0.5, 0.6) is 11.5 Å². The van der Waals surface area contributed by atoms with Crippen molar-refractivity contribution in [3.05, 3.63) is 47.8 Å². The fourth-order valence-corrected chi connectivity index (χ4v) is 2.66. The summed E-state index contributed by atoms with van der Waals surface area (Å²) in [6, 6.07) is 9.99. The van der Waals surface area contributed by atoms with Crippen LogP contribution >= 0.6 is 0 Å². The highest BCUT2D eigenvalue weighted by Crippen LogP contribution is 2.31. The van der Waals surface area contributed by atoms with Crippen molar-refractivity contribution >= 4 is 22.6 Å². The molecule has 0 spiro atoms. The second-order valence-corrected chi connectivity index (χ2v) is 5.44. The van der Waals surface area contributed by atoms with Crippen LogP contribution in [0.3, 0.4) is 0 Å². The number of carbonyl (C=O) groups excluding carboxylic acids is 1. The number of rotatable bonds is 3. The van der Waals surface area contributed by atoms with Gasteiger partial charge in [-0.2, -0.15) is 5.10 Å². The molecule has 0 saturated carbocycles. The van der Waals surface area contributed by atoms with Gasteiger partial charge in [0.25, 0.3) is 0 Å². The topological polar surface area (TPSA) is 76.2 Å². The molecule has 7 heteroatoms. The van der Waals surface area contributed by atoms with Gasteiger partial charge in [0.1, 0.15) is 24.5 Å². The van der Waals surface area contributed by atoms with E-state index in [2.05, 4.69) is 15.5 Å². The maximum atomic E-state index is 13.6. The zero-order chi connectivity index (χ0) is 16.5. The van der Waals surface area contributed by atoms with Crippen molar-refractivity contribution in [1.82, 2.24) is 10.2 Å². The second-order valence-electron chi connectivity index (χ2n) is 5.44. The first-order valence-electron chi connectivity index (χ1n) is 7.52. The number of fused-ring (bicyclic) bond motifs is 2. The van der Waals surface area contributed by atoms with Crippen LogP contribution in [0.2, 0.25) is 0 Å². The van der Waals surface area contributed by atoms with Crippen LogP contribution in [0.15, 0.2) is 36.4 Å². The van der Waals surface area contributed by atoms with E-state index in [0.717, 1.165) is 5.56 Å². The highest BCUT2D eigenvalue weighted by Gasteiger charge is 2.15. The summed E-state index contributed by atoms with van der Waals surface area (Å²) in [6.45, 7) is 1.02. The highest BCUT2D eigenvalue weighted by atomic mass is 19.1. The van der Waals surface area contributed by atoms with Crippen LogP contribution in [0.25, 0.3) is 10.9 Å². The van der Waals surface area contributed by atoms with E-state index in [1.807, 2.05) is 6.07 Å². The molecule has 2 aromatic carbocycles. The fraction of sp³-hybridized carbons (Fsp3) is 0.176. The number of aromatic nitrogens is 2. The van der Waals surface area contributed by atoms with Crippen molar-refractivity contribution in [2.75, 3.05) is 18.5 Å². The van der Waals surface area contributed by atoms with Crippen molar-refractivity contribution in [3.63, 3.8) is 0 Å². The van der Waals surface area contributed by atoms with E-state index in [-0.39, 0.29) is 17.8 Å². The Hall–Kier alpha value is -3.09. The standard InChI is InChI=1S/C17H14FN3O3/c18-12-3-1-2-11-16(12)20-21-17(11)19-15(22)9-10-4-5-13-14(8-10)24-7-6-23-13/h1-5,8H,6-7,9H2,(H2,19,20,21,22). The molecular weight excluding hydrogens is 313 g/mol.